The number of aryl methyl sites for hydroxylation is 1. The molecule has 27 heavy (non-hydrogen) atoms. The molecule has 0 unspecified atom stereocenters. The van der Waals surface area contributed by atoms with Crippen LogP contribution in [0.4, 0.5) is 0 Å². The number of nitrogens with one attached hydrogen (secondary N) is 1. The topological polar surface area (TPSA) is 110 Å². The molecule has 0 spiro atoms. The molecule has 0 bridgehead atoms. The van der Waals surface area contributed by atoms with Crippen LogP contribution < -0.4 is 5.32 Å². The minimum Gasteiger partial charge on any atom is -0.360 e. The molecule has 2 fully saturated rings. The van der Waals surface area contributed by atoms with Gasteiger partial charge in [-0.3, -0.25) is 4.79 Å². The Kier molecular flexibility index (Phi) is 4.55. The number of amides is 1. The summed E-state index contributed by atoms with van der Waals surface area (Å²) in [6, 6.07) is 1.36. The number of hydrogen-bond acceptors (Lipinski definition) is 6. The van der Waals surface area contributed by atoms with E-state index in [0.29, 0.717) is 25.3 Å². The standard InChI is InChI=1S/C17H23N5O4S/c1-11-7-13(19-17(23)14-8-15(26-20-14)12-3-4-12)5-6-22(11)27(24,25)16-9-21(2)10-18-16/h8-13H,3-7H2,1-2H3,(H,19,23)/t11-,13-/m0/s1. The highest BCUT2D eigenvalue weighted by Crippen LogP contribution is 2.40. The minimum absolute atomic E-state index is 0.0505. The molecule has 4 rings (SSSR count). The van der Waals surface area contributed by atoms with Crippen molar-refractivity contribution in [1.29, 1.82) is 0 Å². The van der Waals surface area contributed by atoms with Gasteiger partial charge in [-0.15, -0.1) is 0 Å². The van der Waals surface area contributed by atoms with Crippen molar-refractivity contribution < 1.29 is 17.7 Å². The Morgan fingerprint density at radius 3 is 2.74 bits per heavy atom. The van der Waals surface area contributed by atoms with Crippen LogP contribution in [0.15, 0.2) is 28.1 Å². The highest BCUT2D eigenvalue weighted by molar-refractivity contribution is 7.89. The first-order valence-electron chi connectivity index (χ1n) is 9.12. The quantitative estimate of drug-likeness (QED) is 0.819. The van der Waals surface area contributed by atoms with Crippen molar-refractivity contribution in [2.45, 2.75) is 55.6 Å². The van der Waals surface area contributed by atoms with Crippen LogP contribution in [0.25, 0.3) is 0 Å². The van der Waals surface area contributed by atoms with E-state index in [0.717, 1.165) is 18.6 Å². The van der Waals surface area contributed by atoms with Gasteiger partial charge in [0.2, 0.25) is 0 Å². The van der Waals surface area contributed by atoms with Gasteiger partial charge in [-0.25, -0.2) is 13.4 Å². The SMILES string of the molecule is C[C@H]1C[C@@H](NC(=O)c2cc(C3CC3)on2)CCN1S(=O)(=O)c1cn(C)cn1. The molecule has 1 N–H and O–H groups in total. The van der Waals surface area contributed by atoms with Crippen LogP contribution in [0, 0.1) is 0 Å². The van der Waals surface area contributed by atoms with E-state index in [-0.39, 0.29) is 28.7 Å². The number of carbonyl (C=O) groups is 1. The summed E-state index contributed by atoms with van der Waals surface area (Å²) in [5.41, 5.74) is 0.285. The largest absolute Gasteiger partial charge is 0.360 e. The molecule has 0 radical (unpaired) electrons. The smallest absolute Gasteiger partial charge is 0.273 e. The van der Waals surface area contributed by atoms with Crippen molar-refractivity contribution in [3.8, 4) is 0 Å². The van der Waals surface area contributed by atoms with Gasteiger partial charge in [-0.2, -0.15) is 4.31 Å². The first kappa shape index (κ1) is 18.2. The van der Waals surface area contributed by atoms with Gasteiger partial charge in [0.25, 0.3) is 15.9 Å². The molecule has 3 heterocycles. The van der Waals surface area contributed by atoms with Crippen molar-refractivity contribution >= 4 is 15.9 Å². The van der Waals surface area contributed by atoms with Gasteiger partial charge in [0, 0.05) is 43.9 Å². The Bertz CT molecular complexity index is 946. The van der Waals surface area contributed by atoms with E-state index in [1.54, 1.807) is 17.7 Å². The molecule has 2 aliphatic rings. The zero-order valence-electron chi connectivity index (χ0n) is 15.3. The van der Waals surface area contributed by atoms with Gasteiger partial charge in [0.05, 0.1) is 6.33 Å². The summed E-state index contributed by atoms with van der Waals surface area (Å²) in [6.07, 6.45) is 6.20. The third kappa shape index (κ3) is 3.63. The van der Waals surface area contributed by atoms with E-state index in [4.69, 9.17) is 4.52 Å². The molecule has 1 aliphatic heterocycles. The summed E-state index contributed by atoms with van der Waals surface area (Å²) >= 11 is 0. The Balaban J connectivity index is 1.38. The van der Waals surface area contributed by atoms with E-state index in [1.807, 2.05) is 6.92 Å². The third-order valence-electron chi connectivity index (χ3n) is 5.15. The number of aromatic nitrogens is 3. The van der Waals surface area contributed by atoms with Crippen molar-refractivity contribution in [2.75, 3.05) is 6.54 Å². The average Bonchev–Trinajstić information content (AvgIpc) is 3.16. The zero-order chi connectivity index (χ0) is 19.2. The van der Waals surface area contributed by atoms with Gasteiger partial charge in [0.1, 0.15) is 5.76 Å². The molecule has 146 valence electrons. The number of hydrogen-bond donors (Lipinski definition) is 1. The number of sulfonamides is 1. The monoisotopic (exact) mass is 393 g/mol. The molecule has 2 aromatic heterocycles. The van der Waals surface area contributed by atoms with Crippen molar-refractivity contribution in [3.05, 3.63) is 30.0 Å². The maximum absolute atomic E-state index is 12.8. The highest BCUT2D eigenvalue weighted by atomic mass is 32.2. The predicted octanol–water partition coefficient (Wildman–Crippen LogP) is 1.26. The molecule has 1 saturated heterocycles. The molecule has 1 aliphatic carbocycles. The number of imidazole rings is 1. The average molecular weight is 393 g/mol. The van der Waals surface area contributed by atoms with E-state index >= 15 is 0 Å². The second-order valence-corrected chi connectivity index (χ2v) is 9.26. The van der Waals surface area contributed by atoms with Crippen molar-refractivity contribution in [3.63, 3.8) is 0 Å². The first-order valence-corrected chi connectivity index (χ1v) is 10.6. The van der Waals surface area contributed by atoms with E-state index in [2.05, 4.69) is 15.5 Å². The van der Waals surface area contributed by atoms with E-state index in [1.165, 1.54) is 16.8 Å². The molecule has 1 saturated carbocycles. The summed E-state index contributed by atoms with van der Waals surface area (Å²) in [6.45, 7) is 2.18. The summed E-state index contributed by atoms with van der Waals surface area (Å²) in [5, 5.41) is 6.86. The van der Waals surface area contributed by atoms with E-state index in [9.17, 15) is 13.2 Å². The first-order chi connectivity index (χ1) is 12.8. The van der Waals surface area contributed by atoms with Gasteiger partial charge >= 0.3 is 0 Å². The van der Waals surface area contributed by atoms with Gasteiger partial charge in [0.15, 0.2) is 10.7 Å². The molecular formula is C17H23N5O4S. The Hall–Kier alpha value is -2.20. The normalized spacial score (nSPS) is 24.1. The Morgan fingerprint density at radius 1 is 1.33 bits per heavy atom. The van der Waals surface area contributed by atoms with Crippen LogP contribution in [-0.4, -0.2) is 52.0 Å². The predicted molar refractivity (Wildman–Crippen MR) is 95.5 cm³/mol. The lowest BCUT2D eigenvalue weighted by Gasteiger charge is -2.36. The maximum Gasteiger partial charge on any atom is 0.273 e. The Labute approximate surface area is 157 Å². The van der Waals surface area contributed by atoms with Crippen LogP contribution in [0.5, 0.6) is 0 Å². The molecule has 0 aromatic carbocycles. The van der Waals surface area contributed by atoms with Crippen LogP contribution >= 0.6 is 0 Å². The summed E-state index contributed by atoms with van der Waals surface area (Å²) in [7, 11) is -1.90. The highest BCUT2D eigenvalue weighted by Gasteiger charge is 2.36. The molecule has 2 aromatic rings. The molecule has 1 amide bonds. The van der Waals surface area contributed by atoms with Crippen LogP contribution in [0.3, 0.4) is 0 Å². The fourth-order valence-electron chi connectivity index (χ4n) is 3.50. The van der Waals surface area contributed by atoms with E-state index < -0.39 is 10.0 Å². The van der Waals surface area contributed by atoms with Gasteiger partial charge in [-0.05, 0) is 32.6 Å². The number of carbonyl (C=O) groups excluding carboxylic acids is 1. The van der Waals surface area contributed by atoms with Crippen molar-refractivity contribution in [1.82, 2.24) is 24.3 Å². The summed E-state index contributed by atoms with van der Waals surface area (Å²) < 4.78 is 33.8. The second kappa shape index (κ2) is 6.75. The number of piperidine rings is 1. The molecule has 10 heteroatoms. The lowest BCUT2D eigenvalue weighted by atomic mass is 10.0. The third-order valence-corrected chi connectivity index (χ3v) is 7.04. The summed E-state index contributed by atoms with van der Waals surface area (Å²) in [4.78, 5) is 16.4. The molecular weight excluding hydrogens is 370 g/mol. The van der Waals surface area contributed by atoms with Crippen LogP contribution in [-0.2, 0) is 17.1 Å². The lowest BCUT2D eigenvalue weighted by molar-refractivity contribution is 0.0905. The summed E-state index contributed by atoms with van der Waals surface area (Å²) in [5.74, 6) is 0.896. The van der Waals surface area contributed by atoms with Crippen molar-refractivity contribution in [2.24, 2.45) is 7.05 Å². The van der Waals surface area contributed by atoms with Crippen LogP contribution in [0.2, 0.25) is 0 Å². The fourth-order valence-corrected chi connectivity index (χ4v) is 5.12. The molecule has 2 atom stereocenters. The maximum atomic E-state index is 12.8. The van der Waals surface area contributed by atoms with Crippen LogP contribution in [0.1, 0.15) is 54.8 Å². The zero-order valence-corrected chi connectivity index (χ0v) is 16.1. The Morgan fingerprint density at radius 2 is 2.11 bits per heavy atom. The minimum atomic E-state index is -3.63. The second-order valence-electron chi connectivity index (χ2n) is 7.43. The fraction of sp³-hybridized carbons (Fsp3) is 0.588. The number of nitrogens with zero attached hydrogens (tertiary/aromatic N) is 4. The van der Waals surface area contributed by atoms with Gasteiger partial charge in [-0.1, -0.05) is 5.16 Å². The lowest BCUT2D eigenvalue weighted by Crippen LogP contribution is -2.50. The number of rotatable bonds is 5. The van der Waals surface area contributed by atoms with Gasteiger partial charge < -0.3 is 14.4 Å². The molecule has 9 nitrogen and oxygen atoms in total.